The van der Waals surface area contributed by atoms with Crippen LogP contribution in [-0.4, -0.2) is 10.3 Å². The topological polar surface area (TPSA) is 23.1 Å². The van der Waals surface area contributed by atoms with Gasteiger partial charge in [0.25, 0.3) is 0 Å². The van der Waals surface area contributed by atoms with Gasteiger partial charge in [0.15, 0.2) is 4.90 Å². The van der Waals surface area contributed by atoms with E-state index in [4.69, 9.17) is 0 Å². The zero-order valence-electron chi connectivity index (χ0n) is 15.9. The molecule has 0 heterocycles. The molecule has 0 fully saturated rings. The van der Waals surface area contributed by atoms with Gasteiger partial charge in [0.1, 0.15) is 5.75 Å². The van der Waals surface area contributed by atoms with E-state index in [0.29, 0.717) is 5.75 Å². The molecule has 0 bridgehead atoms. The molecule has 1 atom stereocenters. The van der Waals surface area contributed by atoms with E-state index < -0.39 is 11.2 Å². The van der Waals surface area contributed by atoms with Crippen molar-refractivity contribution in [1.29, 1.82) is 0 Å². The number of allylic oxidation sites excluding steroid dienone is 5. The Labute approximate surface area is 151 Å². The van der Waals surface area contributed by atoms with Gasteiger partial charge in [-0.2, -0.15) is 0 Å². The van der Waals surface area contributed by atoms with Crippen molar-refractivity contribution in [2.24, 2.45) is 0 Å². The molecule has 0 saturated heterocycles. The maximum absolute atomic E-state index is 12.3. The molecule has 2 heteroatoms. The van der Waals surface area contributed by atoms with Crippen molar-refractivity contribution in [1.82, 2.24) is 0 Å². The summed E-state index contributed by atoms with van der Waals surface area (Å²) < 4.78 is 12.3. The molecule has 0 radical (unpaired) electrons. The molecule has 0 spiro atoms. The summed E-state index contributed by atoms with van der Waals surface area (Å²) in [7, 11) is 0. The molecule has 0 aliphatic rings. The van der Waals surface area contributed by atoms with Crippen LogP contribution in [0.3, 0.4) is 0 Å². The third-order valence-corrected chi connectivity index (χ3v) is 5.26. The third-order valence-electron chi connectivity index (χ3n) is 3.99. The molecule has 0 saturated carbocycles. The van der Waals surface area contributed by atoms with E-state index in [-0.39, 0.29) is 0 Å². The minimum absolute atomic E-state index is 0.609. The predicted octanol–water partition coefficient (Wildman–Crippen LogP) is 6.52. The number of hydrogen-bond donors (Lipinski definition) is 0. The maximum Gasteiger partial charge on any atom is 0.153 e. The molecule has 1 aromatic carbocycles. The van der Waals surface area contributed by atoms with Gasteiger partial charge in [-0.15, -0.1) is 0 Å². The molecule has 1 rings (SSSR count). The van der Waals surface area contributed by atoms with Crippen molar-refractivity contribution in [2.75, 3.05) is 5.75 Å². The highest BCUT2D eigenvalue weighted by atomic mass is 32.2. The SMILES string of the molecule is CC(C)=CCCC(C)=CCCC(C)=CC[S+]([O-])c1ccc(C)cc1. The van der Waals surface area contributed by atoms with Gasteiger partial charge in [0.05, 0.1) is 0 Å². The molecule has 24 heavy (non-hydrogen) atoms. The van der Waals surface area contributed by atoms with E-state index >= 15 is 0 Å². The van der Waals surface area contributed by atoms with Crippen LogP contribution in [0.15, 0.2) is 64.1 Å². The molecule has 0 aromatic heterocycles. The minimum atomic E-state index is -0.934. The summed E-state index contributed by atoms with van der Waals surface area (Å²) in [6.45, 7) is 10.7. The Kier molecular flexibility index (Phi) is 9.82. The Hall–Kier alpha value is -1.25. The van der Waals surface area contributed by atoms with E-state index in [1.807, 2.05) is 31.2 Å². The standard InChI is InChI=1S/C22H32OS/c1-18(2)8-6-9-19(3)10-7-11-20(4)16-17-24(23)22-14-12-21(5)13-15-22/h8,10,12-16H,6-7,9,11,17H2,1-5H3. The Morgan fingerprint density at radius 3 is 2.00 bits per heavy atom. The van der Waals surface area contributed by atoms with E-state index in [1.54, 1.807) is 0 Å². The fourth-order valence-corrected chi connectivity index (χ4v) is 3.41. The van der Waals surface area contributed by atoms with Crippen LogP contribution >= 0.6 is 0 Å². The smallest absolute Gasteiger partial charge is 0.153 e. The summed E-state index contributed by atoms with van der Waals surface area (Å²) in [6, 6.07) is 7.97. The lowest BCUT2D eigenvalue weighted by atomic mass is 10.1. The highest BCUT2D eigenvalue weighted by molar-refractivity contribution is 7.91. The van der Waals surface area contributed by atoms with Crippen molar-refractivity contribution in [3.8, 4) is 0 Å². The highest BCUT2D eigenvalue weighted by Crippen LogP contribution is 2.15. The molecule has 0 aliphatic carbocycles. The fourth-order valence-electron chi connectivity index (χ4n) is 2.34. The average molecular weight is 345 g/mol. The first-order valence-corrected chi connectivity index (χ1v) is 10.1. The van der Waals surface area contributed by atoms with Crippen LogP contribution in [0.2, 0.25) is 0 Å². The Morgan fingerprint density at radius 1 is 0.875 bits per heavy atom. The lowest BCUT2D eigenvalue weighted by Crippen LogP contribution is -2.05. The van der Waals surface area contributed by atoms with Crippen LogP contribution in [0.25, 0.3) is 0 Å². The normalized spacial score (nSPS) is 13.8. The highest BCUT2D eigenvalue weighted by Gasteiger charge is 2.08. The van der Waals surface area contributed by atoms with Crippen molar-refractivity contribution in [3.63, 3.8) is 0 Å². The van der Waals surface area contributed by atoms with Crippen molar-refractivity contribution < 1.29 is 4.55 Å². The molecule has 132 valence electrons. The van der Waals surface area contributed by atoms with Crippen molar-refractivity contribution in [3.05, 3.63) is 64.8 Å². The van der Waals surface area contributed by atoms with Gasteiger partial charge < -0.3 is 4.55 Å². The monoisotopic (exact) mass is 344 g/mol. The summed E-state index contributed by atoms with van der Waals surface area (Å²) >= 11 is -0.934. The largest absolute Gasteiger partial charge is 0.611 e. The van der Waals surface area contributed by atoms with E-state index in [1.165, 1.54) is 22.3 Å². The van der Waals surface area contributed by atoms with Crippen LogP contribution in [0.4, 0.5) is 0 Å². The second kappa shape index (κ2) is 11.3. The quantitative estimate of drug-likeness (QED) is 0.369. The molecule has 1 unspecified atom stereocenters. The van der Waals surface area contributed by atoms with Gasteiger partial charge in [-0.05, 0) is 89.7 Å². The van der Waals surface area contributed by atoms with Gasteiger partial charge in [0.2, 0.25) is 0 Å². The van der Waals surface area contributed by atoms with E-state index in [2.05, 4.69) is 45.9 Å². The molecule has 0 aliphatic heterocycles. The van der Waals surface area contributed by atoms with Crippen LogP contribution < -0.4 is 0 Å². The number of benzene rings is 1. The van der Waals surface area contributed by atoms with Crippen LogP contribution in [0, 0.1) is 6.92 Å². The van der Waals surface area contributed by atoms with Gasteiger partial charge in [0, 0.05) is 0 Å². The third kappa shape index (κ3) is 9.14. The first kappa shape index (κ1) is 20.8. The van der Waals surface area contributed by atoms with Gasteiger partial charge in [-0.3, -0.25) is 0 Å². The molecule has 1 aromatic rings. The van der Waals surface area contributed by atoms with Gasteiger partial charge >= 0.3 is 0 Å². The molecular weight excluding hydrogens is 312 g/mol. The second-order valence-electron chi connectivity index (χ2n) is 6.79. The Balaban J connectivity index is 2.36. The van der Waals surface area contributed by atoms with Crippen molar-refractivity contribution in [2.45, 2.75) is 65.2 Å². The Morgan fingerprint density at radius 2 is 1.42 bits per heavy atom. The molecular formula is C22H32OS. The summed E-state index contributed by atoms with van der Waals surface area (Å²) in [6.07, 6.45) is 11.2. The van der Waals surface area contributed by atoms with Crippen LogP contribution in [0.5, 0.6) is 0 Å². The van der Waals surface area contributed by atoms with Crippen LogP contribution in [0.1, 0.15) is 58.9 Å². The minimum Gasteiger partial charge on any atom is -0.611 e. The molecule has 0 amide bonds. The summed E-state index contributed by atoms with van der Waals surface area (Å²) in [4.78, 5) is 0.916. The number of hydrogen-bond acceptors (Lipinski definition) is 1. The number of rotatable bonds is 9. The Bertz CT molecular complexity index is 574. The van der Waals surface area contributed by atoms with Gasteiger partial charge in [-0.1, -0.05) is 46.6 Å². The summed E-state index contributed by atoms with van der Waals surface area (Å²) in [5.74, 6) is 0.609. The first-order valence-electron chi connectivity index (χ1n) is 8.78. The van der Waals surface area contributed by atoms with Crippen LogP contribution in [-0.2, 0) is 11.2 Å². The summed E-state index contributed by atoms with van der Waals surface area (Å²) in [5, 5.41) is 0. The molecule has 1 nitrogen and oxygen atoms in total. The fraction of sp³-hybridized carbons (Fsp3) is 0.455. The zero-order valence-corrected chi connectivity index (χ0v) is 16.7. The first-order chi connectivity index (χ1) is 11.4. The predicted molar refractivity (Wildman–Crippen MR) is 108 cm³/mol. The lowest BCUT2D eigenvalue weighted by Gasteiger charge is -2.09. The van der Waals surface area contributed by atoms with E-state index in [0.717, 1.165) is 30.6 Å². The zero-order chi connectivity index (χ0) is 17.9. The number of aryl methyl sites for hydroxylation is 1. The average Bonchev–Trinajstić information content (AvgIpc) is 2.53. The molecule has 0 N–H and O–H groups in total. The van der Waals surface area contributed by atoms with Gasteiger partial charge in [-0.25, -0.2) is 0 Å². The van der Waals surface area contributed by atoms with Crippen molar-refractivity contribution >= 4 is 11.2 Å². The van der Waals surface area contributed by atoms with E-state index in [9.17, 15) is 4.55 Å². The lowest BCUT2D eigenvalue weighted by molar-refractivity contribution is 0.598. The summed E-state index contributed by atoms with van der Waals surface area (Å²) in [5.41, 5.74) is 5.38. The second-order valence-corrected chi connectivity index (χ2v) is 8.28. The maximum atomic E-state index is 12.3.